The third kappa shape index (κ3) is 6.54. The molecule has 1 aromatic carbocycles. The fourth-order valence-corrected chi connectivity index (χ4v) is 1.39. The van der Waals surface area contributed by atoms with Crippen LogP contribution in [0.25, 0.3) is 0 Å². The van der Waals surface area contributed by atoms with Gasteiger partial charge in [0.05, 0.1) is 13.2 Å². The predicted octanol–water partition coefficient (Wildman–Crippen LogP) is 1.56. The molecule has 19 heavy (non-hydrogen) atoms. The number of anilines is 1. The van der Waals surface area contributed by atoms with Gasteiger partial charge < -0.3 is 20.5 Å². The van der Waals surface area contributed by atoms with E-state index >= 15 is 0 Å². The molecule has 0 aromatic heterocycles. The minimum atomic E-state index is -0.655. The first-order chi connectivity index (χ1) is 8.67. The highest BCUT2D eigenvalue weighted by Crippen LogP contribution is 2.10. The number of rotatable bonds is 7. The van der Waals surface area contributed by atoms with E-state index in [1.165, 1.54) is 7.11 Å². The smallest absolute Gasteiger partial charge is 0.243 e. The summed E-state index contributed by atoms with van der Waals surface area (Å²) in [6, 6.07) is 6.82. The third-order valence-corrected chi connectivity index (χ3v) is 2.38. The van der Waals surface area contributed by atoms with Crippen LogP contribution in [0.1, 0.15) is 12.5 Å². The van der Waals surface area contributed by atoms with Crippen LogP contribution < -0.4 is 11.1 Å². The van der Waals surface area contributed by atoms with E-state index in [1.54, 1.807) is 0 Å². The van der Waals surface area contributed by atoms with Crippen molar-refractivity contribution in [3.05, 3.63) is 29.8 Å². The van der Waals surface area contributed by atoms with Gasteiger partial charge in [0, 0.05) is 19.4 Å². The summed E-state index contributed by atoms with van der Waals surface area (Å²) in [6.45, 7) is 3.41. The highest BCUT2D eigenvalue weighted by molar-refractivity contribution is 5.94. The molecule has 0 heterocycles. The van der Waals surface area contributed by atoms with Gasteiger partial charge in [0.25, 0.3) is 0 Å². The molecule has 0 spiro atoms. The number of carbonyl (C=O) groups is 1. The van der Waals surface area contributed by atoms with Gasteiger partial charge in [-0.15, -0.1) is 12.4 Å². The molecule has 3 N–H and O–H groups in total. The molecule has 0 aliphatic rings. The van der Waals surface area contributed by atoms with Crippen molar-refractivity contribution in [3.8, 4) is 0 Å². The minimum Gasteiger partial charge on any atom is -0.383 e. The second kappa shape index (κ2) is 9.75. The van der Waals surface area contributed by atoms with Crippen LogP contribution in [-0.2, 0) is 20.9 Å². The molecule has 1 amide bonds. The molecule has 0 bridgehead atoms. The second-order valence-corrected chi connectivity index (χ2v) is 3.89. The molecule has 0 fully saturated rings. The van der Waals surface area contributed by atoms with Crippen LogP contribution in [0.3, 0.4) is 0 Å². The Hall–Kier alpha value is -1.14. The zero-order valence-corrected chi connectivity index (χ0v) is 12.0. The number of benzene rings is 1. The molecule has 1 rings (SSSR count). The first kappa shape index (κ1) is 17.9. The van der Waals surface area contributed by atoms with Crippen LogP contribution in [0.4, 0.5) is 5.69 Å². The number of amides is 1. The summed E-state index contributed by atoms with van der Waals surface area (Å²) in [5.74, 6) is -0.255. The highest BCUT2D eigenvalue weighted by atomic mass is 35.5. The van der Waals surface area contributed by atoms with Crippen molar-refractivity contribution in [2.45, 2.75) is 19.6 Å². The minimum absolute atomic E-state index is 0. The van der Waals surface area contributed by atoms with E-state index in [4.69, 9.17) is 15.2 Å². The van der Waals surface area contributed by atoms with Crippen molar-refractivity contribution in [2.75, 3.05) is 25.6 Å². The number of ether oxygens (including phenoxy) is 2. The zero-order chi connectivity index (χ0) is 13.4. The van der Waals surface area contributed by atoms with Crippen LogP contribution in [-0.4, -0.2) is 32.3 Å². The molecule has 0 radical (unpaired) electrons. The summed E-state index contributed by atoms with van der Waals surface area (Å²) in [5.41, 5.74) is 7.39. The Balaban J connectivity index is 0.00000324. The first-order valence-corrected chi connectivity index (χ1v) is 5.89. The lowest BCUT2D eigenvalue weighted by Gasteiger charge is -2.11. The summed E-state index contributed by atoms with van der Waals surface area (Å²) in [5, 5.41) is 2.73. The van der Waals surface area contributed by atoms with E-state index in [2.05, 4.69) is 5.32 Å². The molecule has 5 nitrogen and oxygen atoms in total. The first-order valence-electron chi connectivity index (χ1n) is 5.89. The highest BCUT2D eigenvalue weighted by Gasteiger charge is 2.12. The van der Waals surface area contributed by atoms with Crippen molar-refractivity contribution < 1.29 is 14.3 Å². The fraction of sp³-hybridized carbons (Fsp3) is 0.462. The normalized spacial score (nSPS) is 11.5. The van der Waals surface area contributed by atoms with Crippen molar-refractivity contribution >= 4 is 24.0 Å². The van der Waals surface area contributed by atoms with Gasteiger partial charge in [0.1, 0.15) is 6.04 Å². The lowest BCUT2D eigenvalue weighted by molar-refractivity contribution is -0.118. The lowest BCUT2D eigenvalue weighted by Crippen LogP contribution is -2.39. The predicted molar refractivity (Wildman–Crippen MR) is 77.5 cm³/mol. The molecule has 0 aliphatic carbocycles. The van der Waals surface area contributed by atoms with Crippen LogP contribution in [0.15, 0.2) is 24.3 Å². The molecule has 0 saturated heterocycles. The SMILES string of the molecule is CCOCc1ccc(NC(=O)C(N)COC)cc1.Cl. The molecular formula is C13H21ClN2O3. The van der Waals surface area contributed by atoms with Crippen molar-refractivity contribution in [2.24, 2.45) is 5.73 Å². The Kier molecular flexibility index (Phi) is 9.16. The monoisotopic (exact) mass is 288 g/mol. The van der Waals surface area contributed by atoms with Crippen molar-refractivity contribution in [1.82, 2.24) is 0 Å². The van der Waals surface area contributed by atoms with E-state index in [9.17, 15) is 4.79 Å². The number of nitrogens with one attached hydrogen (secondary N) is 1. The number of nitrogens with two attached hydrogens (primary N) is 1. The van der Waals surface area contributed by atoms with E-state index in [1.807, 2.05) is 31.2 Å². The maximum Gasteiger partial charge on any atom is 0.243 e. The number of hydrogen-bond donors (Lipinski definition) is 2. The Morgan fingerprint density at radius 2 is 2.00 bits per heavy atom. The van der Waals surface area contributed by atoms with E-state index < -0.39 is 6.04 Å². The van der Waals surface area contributed by atoms with E-state index in [-0.39, 0.29) is 24.9 Å². The number of carbonyl (C=O) groups excluding carboxylic acids is 1. The van der Waals surface area contributed by atoms with E-state index in [0.717, 1.165) is 5.56 Å². The van der Waals surface area contributed by atoms with Gasteiger partial charge >= 0.3 is 0 Å². The zero-order valence-electron chi connectivity index (χ0n) is 11.2. The lowest BCUT2D eigenvalue weighted by atomic mass is 10.2. The standard InChI is InChI=1S/C13H20N2O3.ClH/c1-3-18-8-10-4-6-11(7-5-10)15-13(16)12(14)9-17-2;/h4-7,12H,3,8-9,14H2,1-2H3,(H,15,16);1H. The average Bonchev–Trinajstić information content (AvgIpc) is 2.38. The van der Waals surface area contributed by atoms with Gasteiger partial charge in [0.15, 0.2) is 0 Å². The Morgan fingerprint density at radius 1 is 1.37 bits per heavy atom. The van der Waals surface area contributed by atoms with Gasteiger partial charge in [-0.1, -0.05) is 12.1 Å². The number of halogens is 1. The molecule has 108 valence electrons. The van der Waals surface area contributed by atoms with Gasteiger partial charge in [-0.25, -0.2) is 0 Å². The molecule has 1 aromatic rings. The summed E-state index contributed by atoms with van der Waals surface area (Å²) < 4.78 is 10.1. The number of methoxy groups -OCH3 is 1. The molecule has 6 heteroatoms. The van der Waals surface area contributed by atoms with Crippen LogP contribution >= 0.6 is 12.4 Å². The Morgan fingerprint density at radius 3 is 2.53 bits per heavy atom. The maximum absolute atomic E-state index is 11.6. The van der Waals surface area contributed by atoms with Gasteiger partial charge in [-0.3, -0.25) is 4.79 Å². The van der Waals surface area contributed by atoms with Crippen LogP contribution in [0.5, 0.6) is 0 Å². The quantitative estimate of drug-likeness (QED) is 0.798. The van der Waals surface area contributed by atoms with E-state index in [0.29, 0.717) is 18.9 Å². The average molecular weight is 289 g/mol. The number of hydrogen-bond acceptors (Lipinski definition) is 4. The molecule has 0 aliphatic heterocycles. The summed E-state index contributed by atoms with van der Waals surface area (Å²) in [4.78, 5) is 11.6. The molecule has 0 saturated carbocycles. The summed E-state index contributed by atoms with van der Waals surface area (Å²) >= 11 is 0. The summed E-state index contributed by atoms with van der Waals surface area (Å²) in [6.07, 6.45) is 0. The van der Waals surface area contributed by atoms with Crippen molar-refractivity contribution in [3.63, 3.8) is 0 Å². The Bertz CT molecular complexity index is 371. The topological polar surface area (TPSA) is 73.6 Å². The van der Waals surface area contributed by atoms with Gasteiger partial charge in [-0.2, -0.15) is 0 Å². The van der Waals surface area contributed by atoms with Crippen LogP contribution in [0, 0.1) is 0 Å². The molecule has 1 atom stereocenters. The largest absolute Gasteiger partial charge is 0.383 e. The molecular weight excluding hydrogens is 268 g/mol. The van der Waals surface area contributed by atoms with Gasteiger partial charge in [-0.05, 0) is 24.6 Å². The maximum atomic E-state index is 11.6. The fourth-order valence-electron chi connectivity index (χ4n) is 1.39. The Labute approximate surface area is 119 Å². The van der Waals surface area contributed by atoms with Crippen molar-refractivity contribution in [1.29, 1.82) is 0 Å². The van der Waals surface area contributed by atoms with Gasteiger partial charge in [0.2, 0.25) is 5.91 Å². The summed E-state index contributed by atoms with van der Waals surface area (Å²) in [7, 11) is 1.51. The molecule has 1 unspecified atom stereocenters. The second-order valence-electron chi connectivity index (χ2n) is 3.89. The van der Waals surface area contributed by atoms with Crippen LogP contribution in [0.2, 0.25) is 0 Å². The third-order valence-electron chi connectivity index (χ3n) is 2.38.